The fourth-order valence-corrected chi connectivity index (χ4v) is 17.8. The number of benzene rings is 6. The molecule has 0 aromatic heterocycles. The van der Waals surface area contributed by atoms with Gasteiger partial charge in [-0.05, 0) is 149 Å². The van der Waals surface area contributed by atoms with Gasteiger partial charge < -0.3 is 143 Å². The molecular formula is C86H104BrCl2N11O26. The van der Waals surface area contributed by atoms with E-state index in [0.29, 0.717) is 13.0 Å². The maximum absolute atomic E-state index is 16.8. The topological polar surface area (TPSA) is 555 Å². The Labute approximate surface area is 742 Å². The number of unbranched alkanes of at least 4 members (excludes halogenated alkanes) is 1. The number of rotatable bonds is 21. The molecule has 4 saturated heterocycles. The van der Waals surface area contributed by atoms with Gasteiger partial charge in [-0.3, -0.25) is 38.5 Å². The number of nitrogens with two attached hydrogens (primary N) is 2. The number of likely N-dealkylation sites (N-methyl/N-ethyl adjacent to an activating group) is 1. The van der Waals surface area contributed by atoms with Crippen LogP contribution in [0.4, 0.5) is 0 Å². The third-order valence-corrected chi connectivity index (χ3v) is 25.2. The van der Waals surface area contributed by atoms with Gasteiger partial charge in [0.1, 0.15) is 89.5 Å². The van der Waals surface area contributed by atoms with Crippen LogP contribution in [-0.4, -0.2) is 238 Å². The molecule has 37 nitrogen and oxygen atoms in total. The van der Waals surface area contributed by atoms with Gasteiger partial charge in [-0.2, -0.15) is 0 Å². The molecule has 680 valence electrons. The van der Waals surface area contributed by atoms with Crippen LogP contribution in [0.15, 0.2) is 102 Å². The number of aliphatic carboxylic acids is 1. The lowest BCUT2D eigenvalue weighted by Gasteiger charge is -2.48. The highest BCUT2D eigenvalue weighted by atomic mass is 79.9. The molecule has 21 N–H and O–H groups in total. The third kappa shape index (κ3) is 19.8. The van der Waals surface area contributed by atoms with Gasteiger partial charge in [-0.1, -0.05) is 103 Å². The summed E-state index contributed by atoms with van der Waals surface area (Å²) >= 11 is 18.4. The first-order valence-corrected chi connectivity index (χ1v) is 42.7. The average Bonchev–Trinajstić information content (AvgIpc) is 0.914. The number of nitrogens with zero attached hydrogens (tertiary/aromatic N) is 2. The van der Waals surface area contributed by atoms with Crippen LogP contribution in [0.1, 0.15) is 156 Å². The Morgan fingerprint density at radius 3 is 1.97 bits per heavy atom. The second-order valence-corrected chi connectivity index (χ2v) is 35.4. The predicted molar refractivity (Wildman–Crippen MR) is 451 cm³/mol. The van der Waals surface area contributed by atoms with Crippen molar-refractivity contribution >= 4 is 86.5 Å². The standard InChI is InChI=1S/C86H104BrCl2N11O26/c1-9-10-21-92-33-46-53(103)28-45-62(69(46)106)44-23-39(15-18-52(44)102)63-78(112)98-66(80(114)97-65(45)83(117)118)72(124-60-30-85(6,91)75(109)37(4)119-60)41-17-20-55(49(89)25-41)122-57-27-43-26-56(73(57)126-84-74(71(108)70(107)58(34-101)123-84)125-61-31-86(7,76(110)38(5)120-61)93-32-42-13-11-12-14-47(42)87)121-54-19-16-40(24-48(54)88)68(105)67(100-35-99(8)51(82(100)116)22-36(2)3)81(115)94-50(29-59(90)104)77(111)95-64(43)79(113)96-63/h11-20,23-28,36-38,50-51,58,60-61,63-68,70-72,74-76,84,92-93,101-103,105-110H,9-10,21-22,29-35,91H2,1-8H3,(H2,90,104)(H,94,115)(H,95,111)(H,96,113)(H,97,114)(H,98,112)(H,117,118)/t37-,38-,50-,51?,58-,60-,61-,63+,64+,65+,66-,67+,68+,70-,71+,72+,74-,75+,76+,84+,85-,86-/m0/s1. The van der Waals surface area contributed by atoms with E-state index in [0.717, 1.165) is 57.8 Å². The van der Waals surface area contributed by atoms with Crippen molar-refractivity contribution in [1.82, 2.24) is 47.0 Å². The van der Waals surface area contributed by atoms with Crippen LogP contribution in [0.2, 0.25) is 10.0 Å². The van der Waals surface area contributed by atoms with E-state index in [2.05, 4.69) is 53.1 Å². The minimum atomic E-state index is -2.39. The minimum Gasteiger partial charge on any atom is -0.507 e. The van der Waals surface area contributed by atoms with E-state index in [4.69, 9.17) is 72.6 Å². The molecule has 6 aromatic rings. The van der Waals surface area contributed by atoms with Gasteiger partial charge in [0.2, 0.25) is 53.4 Å². The SMILES string of the molecule is CCCCNCc1c(O)cc2c(c1O)-c1cc(ccc1O)[C@H]1NC(=O)[C@@H]3NC(=O)[C@H](CC(N)=O)NC(=O)[C@H](N4CN(C)C(CC(C)C)C4=O)[C@H](O)c4ccc(c(Cl)c4)Oc4cc3cc(c4O[C@H]3O[C@@H](CO)[C@H](O)[C@@H](O)[C@@H]3O[C@H]3C[C@](C)(NCc4ccccc4Br)[C@H](O)[C@H](C)O3)Oc3ccc(cc3Cl)[C@@H](O[C@H]3C[C@](C)(N)[C@H](O)[C@H](C)O3)[C@H](NC1=O)C(=O)N[C@H]2C(=O)O. The molecule has 126 heavy (non-hydrogen) atoms. The lowest BCUT2D eigenvalue weighted by atomic mass is 9.84. The second-order valence-electron chi connectivity index (χ2n) is 33.7. The summed E-state index contributed by atoms with van der Waals surface area (Å²) in [6, 6.07) is 6.82. The molecule has 9 heterocycles. The minimum absolute atomic E-state index is 0.0737. The first kappa shape index (κ1) is 94.0. The smallest absolute Gasteiger partial charge is 0.330 e. The zero-order valence-corrected chi connectivity index (χ0v) is 72.9. The Balaban J connectivity index is 1.06. The van der Waals surface area contributed by atoms with Crippen molar-refractivity contribution in [2.45, 2.75) is 233 Å². The monoisotopic (exact) mass is 1860 g/mol. The maximum atomic E-state index is 16.8. The first-order chi connectivity index (χ1) is 59.7. The fourth-order valence-electron chi connectivity index (χ4n) is 16.9. The molecule has 0 aliphatic carbocycles. The largest absolute Gasteiger partial charge is 0.507 e. The van der Waals surface area contributed by atoms with Gasteiger partial charge in [0.25, 0.3) is 0 Å². The van der Waals surface area contributed by atoms with Gasteiger partial charge in [0.15, 0.2) is 36.2 Å². The Hall–Kier alpha value is -9.66. The molecule has 15 rings (SSSR count). The number of fused-ring (bicyclic) bond motifs is 15. The number of hydrogen-bond donors (Lipinski definition) is 19. The van der Waals surface area contributed by atoms with Crippen molar-refractivity contribution < 1.29 is 127 Å². The summed E-state index contributed by atoms with van der Waals surface area (Å²) in [5, 5.41) is 138. The van der Waals surface area contributed by atoms with Crippen molar-refractivity contribution in [3.63, 3.8) is 0 Å². The molecule has 1 unspecified atom stereocenters. The van der Waals surface area contributed by atoms with E-state index in [1.165, 1.54) is 50.2 Å². The Kier molecular flexibility index (Phi) is 28.9. The maximum Gasteiger partial charge on any atom is 0.330 e. The number of amides is 7. The summed E-state index contributed by atoms with van der Waals surface area (Å²) in [5.74, 6) is -15.5. The van der Waals surface area contributed by atoms with Crippen LogP contribution in [0.25, 0.3) is 11.1 Å². The number of carboxylic acid groups (broad SMARTS) is 1. The van der Waals surface area contributed by atoms with E-state index >= 15 is 24.0 Å². The summed E-state index contributed by atoms with van der Waals surface area (Å²) in [4.78, 5) is 126. The molecule has 40 heteroatoms. The molecule has 9 aliphatic heterocycles. The Morgan fingerprint density at radius 1 is 0.706 bits per heavy atom. The molecule has 0 saturated carbocycles. The van der Waals surface area contributed by atoms with Crippen molar-refractivity contribution in [2.75, 3.05) is 26.9 Å². The van der Waals surface area contributed by atoms with Crippen molar-refractivity contribution in [3.05, 3.63) is 151 Å². The summed E-state index contributed by atoms with van der Waals surface area (Å²) < 4.78 is 53.9. The van der Waals surface area contributed by atoms with Gasteiger partial charge >= 0.3 is 5.97 Å². The van der Waals surface area contributed by atoms with E-state index in [-0.39, 0.29) is 78.0 Å². The number of carbonyl (C=O) groups excluding carboxylic acids is 7. The van der Waals surface area contributed by atoms with Crippen LogP contribution in [-0.2, 0) is 75.1 Å². The molecule has 11 bridgehead atoms. The lowest BCUT2D eigenvalue weighted by Crippen LogP contribution is -2.65. The summed E-state index contributed by atoms with van der Waals surface area (Å²) in [5.41, 5.74) is 7.84. The number of aliphatic hydroxyl groups excluding tert-OH is 6. The predicted octanol–water partition coefficient (Wildman–Crippen LogP) is 4.22. The van der Waals surface area contributed by atoms with Gasteiger partial charge in [0.05, 0.1) is 65.8 Å². The van der Waals surface area contributed by atoms with Crippen LogP contribution < -0.4 is 62.9 Å². The fraction of sp³-hybridized carbons (Fsp3) is 0.488. The second kappa shape index (κ2) is 38.7. The zero-order valence-electron chi connectivity index (χ0n) is 69.8. The number of halogens is 3. The summed E-state index contributed by atoms with van der Waals surface area (Å²) in [6.45, 7) is 10.9. The number of ether oxygens (including phenoxy) is 8. The Bertz CT molecular complexity index is 5140. The molecular weight excluding hydrogens is 1750 g/mol. The number of primary amides is 1. The van der Waals surface area contributed by atoms with Crippen molar-refractivity contribution in [3.8, 4) is 57.1 Å². The molecule has 6 aromatic carbocycles. The summed E-state index contributed by atoms with van der Waals surface area (Å²) in [7, 11) is 1.62. The Morgan fingerprint density at radius 2 is 1.33 bits per heavy atom. The highest BCUT2D eigenvalue weighted by Gasteiger charge is 2.54. The third-order valence-electron chi connectivity index (χ3n) is 23.8. The number of aromatic hydroxyl groups is 3. The summed E-state index contributed by atoms with van der Waals surface area (Å²) in [6.07, 6.45) is -21.3. The molecule has 22 atom stereocenters. The lowest BCUT2D eigenvalue weighted by molar-refractivity contribution is -0.334. The van der Waals surface area contributed by atoms with E-state index < -0.39 is 261 Å². The molecule has 0 spiro atoms. The van der Waals surface area contributed by atoms with Crippen LogP contribution in [0, 0.1) is 5.92 Å². The number of carboxylic acids is 1. The highest BCUT2D eigenvalue weighted by molar-refractivity contribution is 9.10. The molecule has 4 fully saturated rings. The number of phenolic OH excluding ortho intramolecular Hbond substituents is 3. The van der Waals surface area contributed by atoms with Crippen molar-refractivity contribution in [2.24, 2.45) is 17.4 Å². The normalized spacial score (nSPS) is 30.9. The average molecular weight is 1860 g/mol. The van der Waals surface area contributed by atoms with Gasteiger partial charge in [0, 0.05) is 58.2 Å². The van der Waals surface area contributed by atoms with Crippen LogP contribution in [0.3, 0.4) is 0 Å². The molecule has 0 radical (unpaired) electrons. The number of aliphatic hydroxyl groups is 6. The number of hydrogen-bond acceptors (Lipinski definition) is 29. The molecule has 9 aliphatic rings. The van der Waals surface area contributed by atoms with Crippen LogP contribution >= 0.6 is 39.1 Å². The van der Waals surface area contributed by atoms with E-state index in [1.807, 2.05) is 45.0 Å². The van der Waals surface area contributed by atoms with Gasteiger partial charge in [-0.25, -0.2) is 4.79 Å². The zero-order chi connectivity index (χ0) is 91.1. The number of nitrogens with one attached hydrogen (secondary N) is 7. The quantitative estimate of drug-likeness (QED) is 0.0448. The van der Waals surface area contributed by atoms with E-state index in [1.54, 1.807) is 25.8 Å². The highest BCUT2D eigenvalue weighted by Crippen LogP contribution is 2.52. The first-order valence-electron chi connectivity index (χ1n) is 41.2. The van der Waals surface area contributed by atoms with Crippen molar-refractivity contribution in [1.29, 1.82) is 0 Å². The van der Waals surface area contributed by atoms with Crippen LogP contribution in [0.5, 0.6) is 46.0 Å². The number of carbonyl (C=O) groups is 8. The van der Waals surface area contributed by atoms with Gasteiger partial charge in [-0.15, -0.1) is 0 Å². The van der Waals surface area contributed by atoms with E-state index in [9.17, 15) is 65.4 Å². The number of phenols is 3. The molecule has 7 amide bonds.